The molecule has 5 nitrogen and oxygen atoms in total. The summed E-state index contributed by atoms with van der Waals surface area (Å²) in [7, 11) is 1.80. The molecule has 1 heterocycles. The second kappa shape index (κ2) is 4.58. The molecule has 1 aliphatic heterocycles. The summed E-state index contributed by atoms with van der Waals surface area (Å²) in [6.45, 7) is 6.13. The first-order valence-corrected chi connectivity index (χ1v) is 5.29. The smallest absolute Gasteiger partial charge is 0.408 e. The van der Waals surface area contributed by atoms with Gasteiger partial charge in [0, 0.05) is 13.6 Å². The lowest BCUT2D eigenvalue weighted by molar-refractivity contribution is 0.0513. The van der Waals surface area contributed by atoms with Crippen LogP contribution in [0.25, 0.3) is 0 Å². The summed E-state index contributed by atoms with van der Waals surface area (Å²) >= 11 is 0. The van der Waals surface area contributed by atoms with Gasteiger partial charge < -0.3 is 15.0 Å². The normalized spacial score (nSPS) is 20.6. The third kappa shape index (κ3) is 3.28. The van der Waals surface area contributed by atoms with Crippen LogP contribution in [0.2, 0.25) is 0 Å². The number of hydrogen-bond acceptors (Lipinski definition) is 4. The number of ether oxygens (including phenoxy) is 1. The SMILES string of the molecule is CN1CC[C@@H](NC(=O)OC(C)(C)C)C1=C=O. The first kappa shape index (κ1) is 12.6. The Hall–Kier alpha value is -1.48. The number of likely N-dealkylation sites (tertiary alicyclic amines) is 1. The van der Waals surface area contributed by atoms with Gasteiger partial charge in [-0.1, -0.05) is 0 Å². The van der Waals surface area contributed by atoms with Crippen molar-refractivity contribution in [2.75, 3.05) is 13.6 Å². The minimum absolute atomic E-state index is 0.280. The Balaban J connectivity index is 2.56. The van der Waals surface area contributed by atoms with Gasteiger partial charge in [0.1, 0.15) is 17.2 Å². The number of nitrogens with zero attached hydrogens (tertiary/aromatic N) is 1. The average molecular weight is 226 g/mol. The summed E-state index contributed by atoms with van der Waals surface area (Å²) in [6, 6.07) is -0.280. The van der Waals surface area contributed by atoms with Gasteiger partial charge in [-0.05, 0) is 27.2 Å². The van der Waals surface area contributed by atoms with Crippen molar-refractivity contribution in [1.82, 2.24) is 10.2 Å². The summed E-state index contributed by atoms with van der Waals surface area (Å²) in [6.07, 6.45) is 0.209. The van der Waals surface area contributed by atoms with Crippen molar-refractivity contribution in [3.63, 3.8) is 0 Å². The van der Waals surface area contributed by atoms with Crippen LogP contribution in [-0.2, 0) is 9.53 Å². The number of hydrogen-bond donors (Lipinski definition) is 1. The molecule has 0 aromatic heterocycles. The zero-order valence-corrected chi connectivity index (χ0v) is 10.2. The fraction of sp³-hybridized carbons (Fsp3) is 0.727. The molecule has 90 valence electrons. The van der Waals surface area contributed by atoms with Crippen LogP contribution < -0.4 is 5.32 Å². The molecule has 0 saturated carbocycles. The number of likely N-dealkylation sites (N-methyl/N-ethyl adjacent to an activating group) is 1. The van der Waals surface area contributed by atoms with Gasteiger partial charge in [-0.15, -0.1) is 0 Å². The first-order valence-electron chi connectivity index (χ1n) is 5.29. The Bertz CT molecular complexity index is 327. The zero-order chi connectivity index (χ0) is 12.3. The molecule has 1 saturated heterocycles. The Kier molecular flexibility index (Phi) is 3.60. The number of alkyl carbamates (subject to hydrolysis) is 1. The Morgan fingerprint density at radius 3 is 2.69 bits per heavy atom. The maximum atomic E-state index is 11.5. The minimum atomic E-state index is -0.528. The van der Waals surface area contributed by atoms with Crippen LogP contribution in [0.1, 0.15) is 27.2 Å². The standard InChI is InChI=1S/C11H18N2O3/c1-11(2,3)16-10(15)12-8-5-6-13(4)9(8)7-14/h8H,5-6H2,1-4H3,(H,12,15)/t8-/m1/s1. The van der Waals surface area contributed by atoms with Crippen LogP contribution in [0.4, 0.5) is 4.79 Å². The second-order valence-electron chi connectivity index (χ2n) is 4.90. The van der Waals surface area contributed by atoms with E-state index in [1.807, 2.05) is 5.94 Å². The highest BCUT2D eigenvalue weighted by atomic mass is 16.6. The minimum Gasteiger partial charge on any atom is -0.444 e. The lowest BCUT2D eigenvalue weighted by Gasteiger charge is -2.21. The van der Waals surface area contributed by atoms with Gasteiger partial charge in [0.2, 0.25) is 0 Å². The van der Waals surface area contributed by atoms with Crippen LogP contribution in [0.15, 0.2) is 5.70 Å². The van der Waals surface area contributed by atoms with E-state index < -0.39 is 11.7 Å². The predicted molar refractivity (Wildman–Crippen MR) is 59.6 cm³/mol. The number of carbonyl (C=O) groups excluding carboxylic acids is 2. The molecule has 0 aromatic rings. The quantitative estimate of drug-likeness (QED) is 0.676. The molecule has 0 bridgehead atoms. The molecule has 1 aliphatic rings. The summed E-state index contributed by atoms with van der Waals surface area (Å²) in [4.78, 5) is 24.0. The topological polar surface area (TPSA) is 58.6 Å². The molecule has 16 heavy (non-hydrogen) atoms. The number of rotatable bonds is 1. The Labute approximate surface area is 95.4 Å². The van der Waals surface area contributed by atoms with Gasteiger partial charge in [-0.2, -0.15) is 0 Å². The van der Waals surface area contributed by atoms with E-state index in [1.54, 1.807) is 32.7 Å². The van der Waals surface area contributed by atoms with Crippen LogP contribution in [-0.4, -0.2) is 42.2 Å². The van der Waals surface area contributed by atoms with Crippen molar-refractivity contribution in [2.24, 2.45) is 0 Å². The highest BCUT2D eigenvalue weighted by Crippen LogP contribution is 2.17. The van der Waals surface area contributed by atoms with E-state index in [1.165, 1.54) is 0 Å². The van der Waals surface area contributed by atoms with Crippen molar-refractivity contribution in [1.29, 1.82) is 0 Å². The molecule has 1 atom stereocenters. The summed E-state index contributed by atoms with van der Waals surface area (Å²) < 4.78 is 5.12. The maximum Gasteiger partial charge on any atom is 0.408 e. The molecular formula is C11H18N2O3. The lowest BCUT2D eigenvalue weighted by Crippen LogP contribution is -2.39. The van der Waals surface area contributed by atoms with Gasteiger partial charge in [0.25, 0.3) is 0 Å². The Morgan fingerprint density at radius 1 is 1.56 bits per heavy atom. The van der Waals surface area contributed by atoms with Crippen LogP contribution >= 0.6 is 0 Å². The highest BCUT2D eigenvalue weighted by molar-refractivity contribution is 5.70. The van der Waals surface area contributed by atoms with Crippen LogP contribution in [0, 0.1) is 0 Å². The average Bonchev–Trinajstić information content (AvgIpc) is 2.43. The largest absolute Gasteiger partial charge is 0.444 e. The van der Waals surface area contributed by atoms with E-state index in [4.69, 9.17) is 4.74 Å². The molecule has 0 aliphatic carbocycles. The van der Waals surface area contributed by atoms with Crippen molar-refractivity contribution < 1.29 is 14.3 Å². The molecular weight excluding hydrogens is 208 g/mol. The number of amides is 1. The third-order valence-corrected chi connectivity index (χ3v) is 2.29. The first-order chi connectivity index (χ1) is 7.33. The Morgan fingerprint density at radius 2 is 2.19 bits per heavy atom. The second-order valence-corrected chi connectivity index (χ2v) is 4.90. The van der Waals surface area contributed by atoms with E-state index in [-0.39, 0.29) is 6.04 Å². The van der Waals surface area contributed by atoms with Gasteiger partial charge in [-0.3, -0.25) is 0 Å². The molecule has 5 heteroatoms. The van der Waals surface area contributed by atoms with E-state index >= 15 is 0 Å². The molecule has 0 unspecified atom stereocenters. The van der Waals surface area contributed by atoms with Gasteiger partial charge in [-0.25, -0.2) is 9.59 Å². The molecule has 0 aromatic carbocycles. The van der Waals surface area contributed by atoms with E-state index in [9.17, 15) is 9.59 Å². The van der Waals surface area contributed by atoms with Crippen LogP contribution in [0.5, 0.6) is 0 Å². The fourth-order valence-electron chi connectivity index (χ4n) is 1.59. The van der Waals surface area contributed by atoms with Crippen molar-refractivity contribution in [2.45, 2.75) is 38.8 Å². The molecule has 1 rings (SSSR count). The maximum absolute atomic E-state index is 11.5. The zero-order valence-electron chi connectivity index (χ0n) is 10.2. The van der Waals surface area contributed by atoms with E-state index in [2.05, 4.69) is 5.32 Å². The number of nitrogens with one attached hydrogen (secondary N) is 1. The molecule has 0 radical (unpaired) electrons. The highest BCUT2D eigenvalue weighted by Gasteiger charge is 2.29. The fourth-order valence-corrected chi connectivity index (χ4v) is 1.59. The monoisotopic (exact) mass is 226 g/mol. The molecule has 1 amide bonds. The lowest BCUT2D eigenvalue weighted by atomic mass is 10.2. The van der Waals surface area contributed by atoms with Gasteiger partial charge in [0.05, 0.1) is 6.04 Å². The van der Waals surface area contributed by atoms with Crippen molar-refractivity contribution in [3.8, 4) is 0 Å². The predicted octanol–water partition coefficient (Wildman–Crippen LogP) is 0.931. The summed E-state index contributed by atoms with van der Waals surface area (Å²) in [5.74, 6) is 1.85. The third-order valence-electron chi connectivity index (χ3n) is 2.29. The van der Waals surface area contributed by atoms with E-state index in [0.29, 0.717) is 12.1 Å². The summed E-state index contributed by atoms with van der Waals surface area (Å²) in [5.41, 5.74) is -0.0505. The number of carbonyl (C=O) groups is 1. The van der Waals surface area contributed by atoms with Crippen molar-refractivity contribution >= 4 is 12.0 Å². The molecule has 1 N–H and O–H groups in total. The molecule has 0 spiro atoms. The van der Waals surface area contributed by atoms with Gasteiger partial charge in [0.15, 0.2) is 0 Å². The van der Waals surface area contributed by atoms with E-state index in [0.717, 1.165) is 6.54 Å². The van der Waals surface area contributed by atoms with Crippen LogP contribution in [0.3, 0.4) is 0 Å². The van der Waals surface area contributed by atoms with Gasteiger partial charge >= 0.3 is 6.09 Å². The summed E-state index contributed by atoms with van der Waals surface area (Å²) in [5, 5.41) is 2.66. The molecule has 1 fully saturated rings. The van der Waals surface area contributed by atoms with Crippen molar-refractivity contribution in [3.05, 3.63) is 5.70 Å².